The van der Waals surface area contributed by atoms with Crippen molar-refractivity contribution in [1.29, 1.82) is 0 Å². The Morgan fingerprint density at radius 1 is 1.38 bits per heavy atom. The second-order valence-electron chi connectivity index (χ2n) is 9.40. The molecule has 1 aromatic rings. The fourth-order valence-corrected chi connectivity index (χ4v) is 5.65. The quantitative estimate of drug-likeness (QED) is 0.466. The zero-order chi connectivity index (χ0) is 24.4. The highest BCUT2D eigenvalue weighted by atomic mass is 16.5. The van der Waals surface area contributed by atoms with Gasteiger partial charge < -0.3 is 25.6 Å². The summed E-state index contributed by atoms with van der Waals surface area (Å²) in [5, 5.41) is 15.1. The van der Waals surface area contributed by atoms with E-state index in [1.54, 1.807) is 7.11 Å². The first-order valence-electron chi connectivity index (χ1n) is 12.1. The Kier molecular flexibility index (Phi) is 7.40. The maximum atomic E-state index is 5.99. The van der Waals surface area contributed by atoms with Gasteiger partial charge in [0.05, 0.1) is 18.5 Å². The molecule has 34 heavy (non-hydrogen) atoms. The first-order chi connectivity index (χ1) is 16.4. The predicted molar refractivity (Wildman–Crippen MR) is 135 cm³/mol. The maximum Gasteiger partial charge on any atom is 0.137 e. The Morgan fingerprint density at radius 3 is 2.82 bits per heavy atom. The van der Waals surface area contributed by atoms with E-state index in [2.05, 4.69) is 58.7 Å². The van der Waals surface area contributed by atoms with Crippen LogP contribution in [0, 0.1) is 31.6 Å². The number of nitrogens with one attached hydrogen (secondary N) is 3. The van der Waals surface area contributed by atoms with Crippen molar-refractivity contribution in [3.63, 3.8) is 0 Å². The van der Waals surface area contributed by atoms with E-state index >= 15 is 0 Å². The van der Waals surface area contributed by atoms with Gasteiger partial charge in [-0.05, 0) is 45.4 Å². The molecule has 0 aliphatic carbocycles. The van der Waals surface area contributed by atoms with E-state index in [9.17, 15) is 0 Å². The number of hydrogen-bond donors (Lipinski definition) is 4. The number of nitrogens with two attached hydrogens (primary N) is 1. The van der Waals surface area contributed by atoms with E-state index < -0.39 is 0 Å². The van der Waals surface area contributed by atoms with Gasteiger partial charge in [0, 0.05) is 60.0 Å². The van der Waals surface area contributed by atoms with Crippen LogP contribution in [0.4, 0.5) is 0 Å². The maximum absolute atomic E-state index is 5.99. The molecule has 1 aromatic heterocycles. The normalized spacial score (nSPS) is 29.4. The minimum absolute atomic E-state index is 0.0213. The van der Waals surface area contributed by atoms with Crippen LogP contribution in [0.2, 0.25) is 0 Å². The summed E-state index contributed by atoms with van der Waals surface area (Å²) in [5.74, 6) is 2.63. The lowest BCUT2D eigenvalue weighted by atomic mass is 9.74. The Hall–Kier alpha value is -2.68. The van der Waals surface area contributed by atoms with Crippen LogP contribution < -0.4 is 21.7 Å². The number of rotatable bonds is 8. The largest absolute Gasteiger partial charge is 0.381 e. The van der Waals surface area contributed by atoms with Crippen LogP contribution in [-0.4, -0.2) is 43.3 Å². The van der Waals surface area contributed by atoms with Gasteiger partial charge in [0.2, 0.25) is 0 Å². The predicted octanol–water partition coefficient (Wildman–Crippen LogP) is 3.00. The van der Waals surface area contributed by atoms with Crippen molar-refractivity contribution in [2.24, 2.45) is 28.5 Å². The molecule has 0 saturated heterocycles. The van der Waals surface area contributed by atoms with E-state index in [1.807, 2.05) is 26.1 Å². The Labute approximate surface area is 202 Å². The van der Waals surface area contributed by atoms with E-state index in [0.717, 1.165) is 40.7 Å². The molecular weight excluding hydrogens is 428 g/mol. The summed E-state index contributed by atoms with van der Waals surface area (Å²) in [6.45, 7) is 13.6. The first-order valence-corrected chi connectivity index (χ1v) is 12.1. The van der Waals surface area contributed by atoms with Crippen molar-refractivity contribution in [2.75, 3.05) is 20.3 Å². The number of hydrogen-bond acceptors (Lipinski definition) is 8. The SMILES string of the molecule is C=CC1=NC=C[C@H]([C@H]2NCNC3=C2C(C)/C(=C\[C@@H](c2c(C)noc2C)C(C)OC)N3)C1CCN. The van der Waals surface area contributed by atoms with Gasteiger partial charge in [0.25, 0.3) is 0 Å². The van der Waals surface area contributed by atoms with Crippen molar-refractivity contribution < 1.29 is 9.26 Å². The van der Waals surface area contributed by atoms with Gasteiger partial charge in [-0.1, -0.05) is 30.8 Å². The van der Waals surface area contributed by atoms with Crippen LogP contribution in [0.15, 0.2) is 57.6 Å². The van der Waals surface area contributed by atoms with Gasteiger partial charge in [0.1, 0.15) is 11.6 Å². The lowest BCUT2D eigenvalue weighted by Crippen LogP contribution is -2.51. The average molecular weight is 467 g/mol. The topological polar surface area (TPSA) is 110 Å². The molecule has 6 atom stereocenters. The van der Waals surface area contributed by atoms with Crippen molar-refractivity contribution in [1.82, 2.24) is 21.1 Å². The zero-order valence-electron chi connectivity index (χ0n) is 20.9. The summed E-state index contributed by atoms with van der Waals surface area (Å²) in [6, 6.07) is 0.167. The molecular formula is C26H38N6O2. The van der Waals surface area contributed by atoms with Crippen LogP contribution >= 0.6 is 0 Å². The highest BCUT2D eigenvalue weighted by molar-refractivity contribution is 5.97. The molecule has 0 spiro atoms. The number of allylic oxidation sites excluding steroid dienone is 2. The van der Waals surface area contributed by atoms with Crippen LogP contribution in [0.1, 0.15) is 43.2 Å². The third kappa shape index (κ3) is 4.37. The fourth-order valence-electron chi connectivity index (χ4n) is 5.65. The van der Waals surface area contributed by atoms with E-state index in [1.165, 1.54) is 5.57 Å². The van der Waals surface area contributed by atoms with Gasteiger partial charge in [0.15, 0.2) is 0 Å². The monoisotopic (exact) mass is 466 g/mol. The minimum atomic E-state index is -0.0283. The third-order valence-corrected chi connectivity index (χ3v) is 7.52. The number of nitrogens with zero attached hydrogens (tertiary/aromatic N) is 2. The summed E-state index contributed by atoms with van der Waals surface area (Å²) < 4.78 is 11.2. The molecule has 3 aliphatic heterocycles. The molecule has 3 unspecified atom stereocenters. The molecule has 0 saturated carbocycles. The Balaban J connectivity index is 1.67. The molecule has 5 N–H and O–H groups in total. The van der Waals surface area contributed by atoms with Gasteiger partial charge in [-0.25, -0.2) is 0 Å². The van der Waals surface area contributed by atoms with Gasteiger partial charge in [-0.2, -0.15) is 0 Å². The standard InChI is InChI=1S/C26H38N6O2/c1-7-21-18(8-10-27)19(9-11-28-21)25-23-14(2)22(31-26(23)30-13-29-25)12-20(16(4)33-6)24-15(3)32-34-17(24)5/h7,9,11-12,14,16,18-20,25,29-31H,1,8,10,13,27H2,2-6H3/b22-12+/t14?,16?,18?,19-,20+,25+/m0/s1. The highest BCUT2D eigenvalue weighted by Crippen LogP contribution is 2.40. The molecule has 4 rings (SSSR count). The molecule has 0 fully saturated rings. The Morgan fingerprint density at radius 2 is 2.18 bits per heavy atom. The molecule has 3 aliphatic rings. The average Bonchev–Trinajstić information content (AvgIpc) is 3.35. The van der Waals surface area contributed by atoms with Crippen LogP contribution in [-0.2, 0) is 4.74 Å². The number of methoxy groups -OCH3 is 1. The number of ether oxygens (including phenoxy) is 1. The second kappa shape index (κ2) is 10.3. The van der Waals surface area contributed by atoms with E-state index in [0.29, 0.717) is 13.2 Å². The molecule has 0 amide bonds. The van der Waals surface area contributed by atoms with Gasteiger partial charge >= 0.3 is 0 Å². The van der Waals surface area contributed by atoms with Crippen molar-refractivity contribution in [3.05, 3.63) is 65.1 Å². The van der Waals surface area contributed by atoms with Crippen LogP contribution in [0.3, 0.4) is 0 Å². The fraction of sp³-hybridized carbons (Fsp3) is 0.538. The van der Waals surface area contributed by atoms with Crippen LogP contribution in [0.25, 0.3) is 0 Å². The van der Waals surface area contributed by atoms with E-state index in [-0.39, 0.29) is 35.8 Å². The number of aryl methyl sites for hydroxylation is 2. The van der Waals surface area contributed by atoms with Crippen molar-refractivity contribution in [2.45, 2.75) is 52.2 Å². The summed E-state index contributed by atoms with van der Waals surface area (Å²) in [4.78, 5) is 4.57. The molecule has 0 bridgehead atoms. The van der Waals surface area contributed by atoms with E-state index in [4.69, 9.17) is 15.0 Å². The molecule has 0 aromatic carbocycles. The highest BCUT2D eigenvalue weighted by Gasteiger charge is 2.41. The van der Waals surface area contributed by atoms with Crippen molar-refractivity contribution >= 4 is 5.71 Å². The summed E-state index contributed by atoms with van der Waals surface area (Å²) in [6.07, 6.45) is 9.13. The smallest absolute Gasteiger partial charge is 0.137 e. The molecule has 0 radical (unpaired) electrons. The lowest BCUT2D eigenvalue weighted by molar-refractivity contribution is 0.105. The Bertz CT molecular complexity index is 1020. The molecule has 8 heteroatoms. The second-order valence-corrected chi connectivity index (χ2v) is 9.40. The lowest BCUT2D eigenvalue weighted by Gasteiger charge is -2.38. The number of aromatic nitrogens is 1. The zero-order valence-corrected chi connectivity index (χ0v) is 20.9. The molecule has 4 heterocycles. The van der Waals surface area contributed by atoms with Crippen molar-refractivity contribution in [3.8, 4) is 0 Å². The molecule has 8 nitrogen and oxygen atoms in total. The third-order valence-electron chi connectivity index (χ3n) is 7.52. The summed E-state index contributed by atoms with van der Waals surface area (Å²) in [5.41, 5.74) is 11.5. The van der Waals surface area contributed by atoms with Crippen LogP contribution in [0.5, 0.6) is 0 Å². The number of aliphatic imine (C=N–C) groups is 1. The molecule has 184 valence electrons. The minimum Gasteiger partial charge on any atom is -0.381 e. The van der Waals surface area contributed by atoms with Gasteiger partial charge in [-0.15, -0.1) is 0 Å². The summed E-state index contributed by atoms with van der Waals surface area (Å²) in [7, 11) is 1.75. The first kappa shape index (κ1) is 24.4. The van der Waals surface area contributed by atoms with Gasteiger partial charge in [-0.3, -0.25) is 10.3 Å². The summed E-state index contributed by atoms with van der Waals surface area (Å²) >= 11 is 0.